The van der Waals surface area contributed by atoms with Crippen LogP contribution in [0.1, 0.15) is 23.5 Å². The van der Waals surface area contributed by atoms with E-state index in [0.29, 0.717) is 0 Å². The second-order valence-electron chi connectivity index (χ2n) is 7.39. The third-order valence-corrected chi connectivity index (χ3v) is 5.63. The van der Waals surface area contributed by atoms with E-state index in [1.165, 1.54) is 12.2 Å². The van der Waals surface area contributed by atoms with E-state index >= 15 is 0 Å². The summed E-state index contributed by atoms with van der Waals surface area (Å²) in [5.41, 5.74) is 2.85. The Morgan fingerprint density at radius 2 is 1.73 bits per heavy atom. The van der Waals surface area contributed by atoms with Crippen LogP contribution in [0.25, 0.3) is 11.1 Å². The molecule has 0 aliphatic heterocycles. The minimum absolute atomic E-state index is 0.0142. The third-order valence-electron chi connectivity index (χ3n) is 5.63. The van der Waals surface area contributed by atoms with Crippen LogP contribution in [0.3, 0.4) is 0 Å². The minimum Gasteiger partial charge on any atom is -0.460 e. The van der Waals surface area contributed by atoms with Gasteiger partial charge in [0.25, 0.3) is 0 Å². The van der Waals surface area contributed by atoms with Gasteiger partial charge in [-0.1, -0.05) is 73.3 Å². The zero-order valence-corrected chi connectivity index (χ0v) is 16.4. The van der Waals surface area contributed by atoms with Crippen LogP contribution < -0.4 is 5.32 Å². The molecule has 6 heteroatoms. The second-order valence-corrected chi connectivity index (χ2v) is 7.39. The fraction of sp³-hybridized carbons (Fsp3) is 0.250. The van der Waals surface area contributed by atoms with E-state index in [1.807, 2.05) is 36.4 Å². The van der Waals surface area contributed by atoms with E-state index in [-0.39, 0.29) is 25.6 Å². The molecule has 4 rings (SSSR count). The number of carbonyl (C=O) groups excluding carboxylic acids is 2. The van der Waals surface area contributed by atoms with E-state index in [9.17, 15) is 14.7 Å². The van der Waals surface area contributed by atoms with Gasteiger partial charge in [0.2, 0.25) is 0 Å². The summed E-state index contributed by atoms with van der Waals surface area (Å²) in [6, 6.07) is 16.1. The first-order chi connectivity index (χ1) is 14.6. The van der Waals surface area contributed by atoms with Crippen LogP contribution in [0.4, 0.5) is 4.79 Å². The summed E-state index contributed by atoms with van der Waals surface area (Å²) in [7, 11) is 0. The highest BCUT2D eigenvalue weighted by atomic mass is 16.6. The van der Waals surface area contributed by atoms with Gasteiger partial charge in [0, 0.05) is 12.3 Å². The number of aliphatic hydroxyl groups excluding tert-OH is 1. The summed E-state index contributed by atoms with van der Waals surface area (Å²) in [6.45, 7) is 3.60. The molecular formula is C24H23NO5. The molecule has 0 radical (unpaired) electrons. The van der Waals surface area contributed by atoms with E-state index in [2.05, 4.69) is 24.0 Å². The molecule has 0 heterocycles. The predicted molar refractivity (Wildman–Crippen MR) is 112 cm³/mol. The number of nitrogens with one attached hydrogen (secondary N) is 1. The Morgan fingerprint density at radius 1 is 1.10 bits per heavy atom. The van der Waals surface area contributed by atoms with Crippen molar-refractivity contribution in [2.24, 2.45) is 0 Å². The van der Waals surface area contributed by atoms with Gasteiger partial charge in [-0.15, -0.1) is 0 Å². The molecule has 154 valence electrons. The normalized spacial score (nSPS) is 21.6. The van der Waals surface area contributed by atoms with Gasteiger partial charge in [0.15, 0.2) is 5.54 Å². The Bertz CT molecular complexity index is 969. The lowest BCUT2D eigenvalue weighted by molar-refractivity contribution is -0.153. The first-order valence-electron chi connectivity index (χ1n) is 9.83. The van der Waals surface area contributed by atoms with Crippen molar-refractivity contribution in [1.29, 1.82) is 0 Å². The summed E-state index contributed by atoms with van der Waals surface area (Å²) < 4.78 is 10.6. The van der Waals surface area contributed by atoms with Crippen molar-refractivity contribution < 1.29 is 24.2 Å². The monoisotopic (exact) mass is 405 g/mol. The van der Waals surface area contributed by atoms with Gasteiger partial charge in [-0.25, -0.2) is 9.59 Å². The Hall–Kier alpha value is -3.38. The smallest absolute Gasteiger partial charge is 0.408 e. The highest BCUT2D eigenvalue weighted by Gasteiger charge is 2.49. The second kappa shape index (κ2) is 8.16. The Morgan fingerprint density at radius 3 is 2.30 bits per heavy atom. The number of fused-ring (bicyclic) bond motifs is 3. The molecule has 6 nitrogen and oxygen atoms in total. The molecular weight excluding hydrogens is 382 g/mol. The van der Waals surface area contributed by atoms with Crippen LogP contribution in [-0.4, -0.2) is 42.0 Å². The average Bonchev–Trinajstić information content (AvgIpc) is 3.29. The van der Waals surface area contributed by atoms with Crippen molar-refractivity contribution in [3.8, 4) is 11.1 Å². The predicted octanol–water partition coefficient (Wildman–Crippen LogP) is 3.31. The van der Waals surface area contributed by atoms with Gasteiger partial charge in [-0.05, 0) is 22.3 Å². The van der Waals surface area contributed by atoms with Crippen molar-refractivity contribution >= 4 is 12.1 Å². The molecule has 2 N–H and O–H groups in total. The van der Waals surface area contributed by atoms with Crippen LogP contribution in [0.2, 0.25) is 0 Å². The van der Waals surface area contributed by atoms with Gasteiger partial charge in [0.05, 0.1) is 0 Å². The number of hydrogen-bond donors (Lipinski definition) is 2. The maximum absolute atomic E-state index is 12.6. The number of rotatable bonds is 6. The number of amides is 1. The maximum Gasteiger partial charge on any atom is 0.408 e. The molecule has 0 spiro atoms. The van der Waals surface area contributed by atoms with E-state index in [4.69, 9.17) is 9.47 Å². The van der Waals surface area contributed by atoms with E-state index in [0.717, 1.165) is 22.3 Å². The average molecular weight is 405 g/mol. The number of ether oxygens (including phenoxy) is 2. The van der Waals surface area contributed by atoms with Crippen LogP contribution in [0, 0.1) is 0 Å². The molecule has 0 aromatic heterocycles. The van der Waals surface area contributed by atoms with Crippen LogP contribution in [0.5, 0.6) is 0 Å². The number of aliphatic hydroxyl groups is 1. The molecule has 0 saturated heterocycles. The topological polar surface area (TPSA) is 84.9 Å². The fourth-order valence-electron chi connectivity index (χ4n) is 4.13. The molecule has 2 aromatic carbocycles. The van der Waals surface area contributed by atoms with E-state index in [1.54, 1.807) is 6.08 Å². The van der Waals surface area contributed by atoms with Crippen molar-refractivity contribution in [3.63, 3.8) is 0 Å². The molecule has 1 amide bonds. The quantitative estimate of drug-likeness (QED) is 0.569. The number of benzene rings is 2. The molecule has 30 heavy (non-hydrogen) atoms. The number of carbonyl (C=O) groups is 2. The number of alkyl carbamates (subject to hydrolysis) is 1. The highest BCUT2D eigenvalue weighted by molar-refractivity contribution is 5.88. The SMILES string of the molecule is C=CCOC(=O)[C@@]1(NC(=O)OCC2c3ccccc3-c3ccccc32)CC=C[C@H]1O. The summed E-state index contributed by atoms with van der Waals surface area (Å²) in [4.78, 5) is 25.1. The lowest BCUT2D eigenvalue weighted by Gasteiger charge is -2.30. The standard InChI is InChI=1S/C24H23NO5/c1-2-14-29-22(27)24(13-7-12-21(24)26)25-23(28)30-15-20-18-10-5-3-8-16(18)17-9-4-6-11-19(17)20/h2-12,20-21,26H,1,13-15H2,(H,25,28)/t21-,24-/m1/s1. The van der Waals surface area contributed by atoms with Gasteiger partial charge < -0.3 is 19.9 Å². The Labute approximate surface area is 174 Å². The largest absolute Gasteiger partial charge is 0.460 e. The highest BCUT2D eigenvalue weighted by Crippen LogP contribution is 2.44. The van der Waals surface area contributed by atoms with Gasteiger partial charge in [-0.3, -0.25) is 0 Å². The lowest BCUT2D eigenvalue weighted by atomic mass is 9.94. The van der Waals surface area contributed by atoms with Crippen molar-refractivity contribution in [2.75, 3.05) is 13.2 Å². The van der Waals surface area contributed by atoms with Crippen LogP contribution >= 0.6 is 0 Å². The van der Waals surface area contributed by atoms with Crippen molar-refractivity contribution in [3.05, 3.63) is 84.5 Å². The third kappa shape index (κ3) is 3.39. The zero-order valence-electron chi connectivity index (χ0n) is 16.4. The van der Waals surface area contributed by atoms with Crippen LogP contribution in [0.15, 0.2) is 73.3 Å². The molecule has 0 bridgehead atoms. The lowest BCUT2D eigenvalue weighted by Crippen LogP contribution is -2.60. The summed E-state index contributed by atoms with van der Waals surface area (Å²) >= 11 is 0. The molecule has 2 aliphatic rings. The Kier molecular flexibility index (Phi) is 5.42. The van der Waals surface area contributed by atoms with Gasteiger partial charge in [-0.2, -0.15) is 0 Å². The first-order valence-corrected chi connectivity index (χ1v) is 9.83. The maximum atomic E-state index is 12.6. The molecule has 2 atom stereocenters. The number of esters is 1. The fourth-order valence-corrected chi connectivity index (χ4v) is 4.13. The van der Waals surface area contributed by atoms with Gasteiger partial charge in [0.1, 0.15) is 19.3 Å². The molecule has 0 fully saturated rings. The van der Waals surface area contributed by atoms with Crippen molar-refractivity contribution in [2.45, 2.75) is 24.0 Å². The molecule has 2 aromatic rings. The van der Waals surface area contributed by atoms with E-state index < -0.39 is 23.7 Å². The van der Waals surface area contributed by atoms with Gasteiger partial charge >= 0.3 is 12.1 Å². The van der Waals surface area contributed by atoms with Crippen molar-refractivity contribution in [1.82, 2.24) is 5.32 Å². The molecule has 2 aliphatic carbocycles. The summed E-state index contributed by atoms with van der Waals surface area (Å²) in [6.07, 6.45) is 2.65. The first kappa shape index (κ1) is 19.9. The molecule has 0 saturated carbocycles. The van der Waals surface area contributed by atoms with Crippen LogP contribution in [-0.2, 0) is 14.3 Å². The summed E-state index contributed by atoms with van der Waals surface area (Å²) in [5, 5.41) is 12.9. The Balaban J connectivity index is 1.48. The summed E-state index contributed by atoms with van der Waals surface area (Å²) in [5.74, 6) is -0.827. The molecule has 0 unspecified atom stereocenters. The number of hydrogen-bond acceptors (Lipinski definition) is 5. The minimum atomic E-state index is -1.59. The zero-order chi connectivity index (χ0) is 21.1.